The van der Waals surface area contributed by atoms with E-state index in [0.29, 0.717) is 23.7 Å². The fraction of sp³-hybridized carbons (Fsp3) is 0.700. The van der Waals surface area contributed by atoms with Gasteiger partial charge in [-0.25, -0.2) is 8.42 Å². The Balaban J connectivity index is 0.000000200. The van der Waals surface area contributed by atoms with Crippen molar-refractivity contribution >= 4 is 43.3 Å². The average molecular weight is 327 g/mol. The predicted molar refractivity (Wildman–Crippen MR) is 68.5 cm³/mol. The van der Waals surface area contributed by atoms with Crippen LogP contribution in [0, 0.1) is 17.2 Å². The summed E-state index contributed by atoms with van der Waals surface area (Å²) in [5, 5.41) is 7.86. The molecule has 1 saturated heterocycles. The Morgan fingerprint density at radius 2 is 1.74 bits per heavy atom. The SMILES string of the molecule is N#CCC1CC(S(=O)(=O)Cl)C1.O=C1CCC(=O)N1Cl. The summed E-state index contributed by atoms with van der Waals surface area (Å²) < 4.78 is 21.9. The molecule has 9 heteroatoms. The molecule has 19 heavy (non-hydrogen) atoms. The molecule has 0 atom stereocenters. The normalized spacial score (nSPS) is 26.3. The molecule has 0 bridgehead atoms. The zero-order valence-electron chi connectivity index (χ0n) is 9.88. The van der Waals surface area contributed by atoms with Crippen molar-refractivity contribution in [3.63, 3.8) is 0 Å². The van der Waals surface area contributed by atoms with Gasteiger partial charge in [0.1, 0.15) is 0 Å². The molecule has 1 aliphatic heterocycles. The van der Waals surface area contributed by atoms with Crippen molar-refractivity contribution in [2.75, 3.05) is 0 Å². The highest BCUT2D eigenvalue weighted by atomic mass is 35.7. The van der Waals surface area contributed by atoms with Crippen LogP contribution in [-0.4, -0.2) is 29.9 Å². The van der Waals surface area contributed by atoms with Crippen LogP contribution >= 0.6 is 22.5 Å². The molecule has 0 unspecified atom stereocenters. The summed E-state index contributed by atoms with van der Waals surface area (Å²) in [6.07, 6.45) is 2.09. The fourth-order valence-corrected chi connectivity index (χ4v) is 3.36. The monoisotopic (exact) mass is 326 g/mol. The lowest BCUT2D eigenvalue weighted by molar-refractivity contribution is -0.132. The van der Waals surface area contributed by atoms with E-state index in [2.05, 4.69) is 0 Å². The van der Waals surface area contributed by atoms with Gasteiger partial charge in [-0.15, -0.1) is 0 Å². The molecule has 2 aliphatic rings. The Morgan fingerprint density at radius 3 is 2.00 bits per heavy atom. The number of hydrogen-bond donors (Lipinski definition) is 0. The predicted octanol–water partition coefficient (Wildman–Crippen LogP) is 1.54. The minimum Gasteiger partial charge on any atom is -0.273 e. The molecule has 1 heterocycles. The van der Waals surface area contributed by atoms with Crippen LogP contribution in [0.2, 0.25) is 0 Å². The number of nitrogens with zero attached hydrogens (tertiary/aromatic N) is 2. The first-order chi connectivity index (χ1) is 8.75. The maximum Gasteiger partial charge on any atom is 0.244 e. The van der Waals surface area contributed by atoms with E-state index < -0.39 is 14.3 Å². The van der Waals surface area contributed by atoms with Crippen LogP contribution in [0.1, 0.15) is 32.1 Å². The van der Waals surface area contributed by atoms with Crippen molar-refractivity contribution in [2.24, 2.45) is 5.92 Å². The van der Waals surface area contributed by atoms with Gasteiger partial charge in [-0.1, -0.05) is 0 Å². The lowest BCUT2D eigenvalue weighted by Crippen LogP contribution is -2.33. The van der Waals surface area contributed by atoms with Crippen molar-refractivity contribution in [3.05, 3.63) is 0 Å². The molecule has 0 aromatic heterocycles. The molecule has 1 saturated carbocycles. The summed E-state index contributed by atoms with van der Waals surface area (Å²) >= 11 is 5.15. The lowest BCUT2D eigenvalue weighted by Gasteiger charge is -2.30. The first kappa shape index (κ1) is 16.2. The minimum absolute atomic E-state index is 0.249. The van der Waals surface area contributed by atoms with Crippen LogP contribution in [0.4, 0.5) is 0 Å². The molecule has 0 spiro atoms. The number of nitriles is 1. The van der Waals surface area contributed by atoms with E-state index in [1.54, 1.807) is 0 Å². The van der Waals surface area contributed by atoms with Gasteiger partial charge in [-0.05, 0) is 18.8 Å². The van der Waals surface area contributed by atoms with Crippen LogP contribution in [0.25, 0.3) is 0 Å². The number of halogens is 2. The molecule has 6 nitrogen and oxygen atoms in total. The maximum absolute atomic E-state index is 10.6. The Kier molecular flexibility index (Phi) is 5.59. The number of amides is 2. The standard InChI is InChI=1S/C6H8ClNO2S.C4H4ClNO2/c7-11(9,10)6-3-5(4-6)1-2-8;5-6-3(7)1-2-4(6)8/h5-6H,1,3-4H2;1-2H2. The van der Waals surface area contributed by atoms with E-state index in [0.717, 1.165) is 0 Å². The van der Waals surface area contributed by atoms with Gasteiger partial charge < -0.3 is 0 Å². The van der Waals surface area contributed by atoms with Crippen molar-refractivity contribution in [1.82, 2.24) is 4.42 Å². The average Bonchev–Trinajstić information content (AvgIpc) is 2.53. The highest BCUT2D eigenvalue weighted by molar-refractivity contribution is 8.14. The third-order valence-electron chi connectivity index (χ3n) is 2.96. The van der Waals surface area contributed by atoms with Crippen molar-refractivity contribution in [1.29, 1.82) is 5.26 Å². The van der Waals surface area contributed by atoms with Crippen LogP contribution in [0.5, 0.6) is 0 Å². The van der Waals surface area contributed by atoms with E-state index >= 15 is 0 Å². The summed E-state index contributed by atoms with van der Waals surface area (Å²) in [6.45, 7) is 0. The maximum atomic E-state index is 10.6. The zero-order valence-corrected chi connectivity index (χ0v) is 12.2. The Hall–Kier alpha value is -0.840. The second kappa shape index (κ2) is 6.55. The van der Waals surface area contributed by atoms with Gasteiger partial charge in [-0.3, -0.25) is 9.59 Å². The summed E-state index contributed by atoms with van der Waals surface area (Å²) in [4.78, 5) is 20.7. The van der Waals surface area contributed by atoms with Gasteiger partial charge in [-0.2, -0.15) is 9.68 Å². The zero-order chi connectivity index (χ0) is 14.6. The van der Waals surface area contributed by atoms with E-state index in [4.69, 9.17) is 27.7 Å². The molecular formula is C10H12Cl2N2O4S. The molecule has 2 fully saturated rings. The Labute approximate surface area is 120 Å². The van der Waals surface area contributed by atoms with Gasteiger partial charge in [0.25, 0.3) is 0 Å². The van der Waals surface area contributed by atoms with Crippen LogP contribution in [0.3, 0.4) is 0 Å². The number of imide groups is 1. The highest BCUT2D eigenvalue weighted by Gasteiger charge is 2.37. The summed E-state index contributed by atoms with van der Waals surface area (Å²) in [5.74, 6) is -0.341. The molecular weight excluding hydrogens is 315 g/mol. The molecule has 0 N–H and O–H groups in total. The Morgan fingerprint density at radius 1 is 1.26 bits per heavy atom. The smallest absolute Gasteiger partial charge is 0.244 e. The molecule has 106 valence electrons. The van der Waals surface area contributed by atoms with E-state index in [1.807, 2.05) is 6.07 Å². The molecule has 0 radical (unpaired) electrons. The van der Waals surface area contributed by atoms with Gasteiger partial charge in [0, 0.05) is 41.7 Å². The third-order valence-corrected chi connectivity index (χ3v) is 5.28. The summed E-state index contributed by atoms with van der Waals surface area (Å²) in [7, 11) is 1.74. The quantitative estimate of drug-likeness (QED) is 0.435. The molecule has 2 amide bonds. The molecule has 2 rings (SSSR count). The van der Waals surface area contributed by atoms with E-state index in [9.17, 15) is 18.0 Å². The van der Waals surface area contributed by atoms with Crippen molar-refractivity contribution in [2.45, 2.75) is 37.4 Å². The van der Waals surface area contributed by atoms with Crippen LogP contribution < -0.4 is 0 Å². The number of rotatable bonds is 2. The first-order valence-electron chi connectivity index (χ1n) is 5.57. The van der Waals surface area contributed by atoms with Gasteiger partial charge >= 0.3 is 0 Å². The third kappa shape index (κ3) is 4.64. The summed E-state index contributed by atoms with van der Waals surface area (Å²) in [5.41, 5.74) is 0. The second-order valence-corrected chi connectivity index (χ2v) is 7.61. The fourth-order valence-electron chi connectivity index (χ4n) is 1.75. The molecule has 1 aliphatic carbocycles. The summed E-state index contributed by atoms with van der Waals surface area (Å²) in [6, 6.07) is 2.00. The van der Waals surface area contributed by atoms with Gasteiger partial charge in [0.05, 0.1) is 11.3 Å². The number of carbonyl (C=O) groups excluding carboxylic acids is 2. The van der Waals surface area contributed by atoms with E-state index in [1.165, 1.54) is 0 Å². The highest BCUT2D eigenvalue weighted by Crippen LogP contribution is 2.36. The topological polar surface area (TPSA) is 95.3 Å². The largest absolute Gasteiger partial charge is 0.273 e. The van der Waals surface area contributed by atoms with Crippen molar-refractivity contribution in [3.8, 4) is 6.07 Å². The Bertz CT molecular complexity index is 492. The second-order valence-electron chi connectivity index (χ2n) is 4.37. The number of hydrogen-bond acceptors (Lipinski definition) is 5. The van der Waals surface area contributed by atoms with Gasteiger partial charge in [0.2, 0.25) is 20.9 Å². The molecule has 0 aromatic rings. The number of carbonyl (C=O) groups is 2. The first-order valence-corrected chi connectivity index (χ1v) is 8.28. The van der Waals surface area contributed by atoms with Crippen LogP contribution in [0.15, 0.2) is 0 Å². The minimum atomic E-state index is -3.35. The van der Waals surface area contributed by atoms with E-state index in [-0.39, 0.29) is 30.6 Å². The lowest BCUT2D eigenvalue weighted by atomic mass is 9.83. The van der Waals surface area contributed by atoms with Gasteiger partial charge in [0.15, 0.2) is 0 Å². The van der Waals surface area contributed by atoms with Crippen molar-refractivity contribution < 1.29 is 18.0 Å². The van der Waals surface area contributed by atoms with Crippen LogP contribution in [-0.2, 0) is 18.6 Å². The molecule has 0 aromatic carbocycles.